The number of hydrogen-bond acceptors (Lipinski definition) is 4. The van der Waals surface area contributed by atoms with Gasteiger partial charge in [0.1, 0.15) is 0 Å². The monoisotopic (exact) mass is 368 g/mol. The summed E-state index contributed by atoms with van der Waals surface area (Å²) in [4.78, 5) is 23.7. The molecule has 0 aliphatic carbocycles. The van der Waals surface area contributed by atoms with Crippen molar-refractivity contribution in [2.24, 2.45) is 0 Å². The number of halogens is 2. The van der Waals surface area contributed by atoms with Crippen LogP contribution in [0.3, 0.4) is 0 Å². The smallest absolute Gasteiger partial charge is 0.340 e. The average molecular weight is 368 g/mol. The van der Waals surface area contributed by atoms with Crippen LogP contribution in [0, 0.1) is 23.5 Å². The third-order valence-corrected chi connectivity index (χ3v) is 4.00. The highest BCUT2D eigenvalue weighted by Gasteiger charge is 2.19. The Bertz CT molecular complexity index is 1170. The summed E-state index contributed by atoms with van der Waals surface area (Å²) in [5.41, 5.74) is 0.566. The molecule has 1 N–H and O–H groups in total. The molecule has 0 radical (unpaired) electrons. The number of aromatic nitrogens is 2. The van der Waals surface area contributed by atoms with Crippen molar-refractivity contribution in [2.75, 3.05) is 7.11 Å². The number of rotatable bonds is 3. The molecule has 0 aliphatic heterocycles. The SMILES string of the molecule is CC#Cc1ccc2c(=O)[nH]nc(Cc3cc(F)c(F)c(C(=O)OC)c3)c2c1. The van der Waals surface area contributed by atoms with Crippen LogP contribution in [-0.4, -0.2) is 23.3 Å². The topological polar surface area (TPSA) is 72.0 Å². The Morgan fingerprint density at radius 2 is 2.00 bits per heavy atom. The lowest BCUT2D eigenvalue weighted by molar-refractivity contribution is 0.0594. The van der Waals surface area contributed by atoms with Gasteiger partial charge >= 0.3 is 5.97 Å². The van der Waals surface area contributed by atoms with Gasteiger partial charge in [-0.05, 0) is 42.8 Å². The van der Waals surface area contributed by atoms with E-state index in [1.54, 1.807) is 25.1 Å². The number of nitrogens with zero attached hydrogens (tertiary/aromatic N) is 1. The summed E-state index contributed by atoms with van der Waals surface area (Å²) in [6.45, 7) is 1.69. The largest absolute Gasteiger partial charge is 0.465 e. The summed E-state index contributed by atoms with van der Waals surface area (Å²) in [7, 11) is 1.08. The lowest BCUT2D eigenvalue weighted by Gasteiger charge is -2.09. The van der Waals surface area contributed by atoms with Gasteiger partial charge in [-0.1, -0.05) is 5.92 Å². The lowest BCUT2D eigenvalue weighted by atomic mass is 10.0. The molecule has 0 atom stereocenters. The average Bonchev–Trinajstić information content (AvgIpc) is 2.66. The number of H-pyrrole nitrogens is 1. The maximum absolute atomic E-state index is 13.9. The van der Waals surface area contributed by atoms with Gasteiger partial charge in [-0.15, -0.1) is 5.92 Å². The first-order valence-corrected chi connectivity index (χ1v) is 7.95. The van der Waals surface area contributed by atoms with Gasteiger partial charge in [-0.3, -0.25) is 4.79 Å². The fourth-order valence-electron chi connectivity index (χ4n) is 2.78. The second-order valence-corrected chi connectivity index (χ2v) is 5.74. The summed E-state index contributed by atoms with van der Waals surface area (Å²) in [5.74, 6) is 2.25. The Hall–Kier alpha value is -3.53. The number of esters is 1. The molecule has 3 rings (SSSR count). The van der Waals surface area contributed by atoms with Crippen LogP contribution in [0.2, 0.25) is 0 Å². The van der Waals surface area contributed by atoms with Crippen LogP contribution >= 0.6 is 0 Å². The Balaban J connectivity index is 2.14. The minimum Gasteiger partial charge on any atom is -0.465 e. The Morgan fingerprint density at radius 1 is 1.22 bits per heavy atom. The second-order valence-electron chi connectivity index (χ2n) is 5.74. The van der Waals surface area contributed by atoms with Crippen molar-refractivity contribution in [1.82, 2.24) is 10.2 Å². The minimum absolute atomic E-state index is 0.0669. The fraction of sp³-hybridized carbons (Fsp3) is 0.150. The molecule has 0 fully saturated rings. The summed E-state index contributed by atoms with van der Waals surface area (Å²) in [6.07, 6.45) is 0.0669. The number of aromatic amines is 1. The van der Waals surface area contributed by atoms with Crippen LogP contribution in [0.5, 0.6) is 0 Å². The maximum atomic E-state index is 13.9. The zero-order chi connectivity index (χ0) is 19.6. The highest BCUT2D eigenvalue weighted by Crippen LogP contribution is 2.21. The number of benzene rings is 2. The Labute approximate surface area is 153 Å². The van der Waals surface area contributed by atoms with E-state index in [4.69, 9.17) is 0 Å². The van der Waals surface area contributed by atoms with E-state index >= 15 is 0 Å². The maximum Gasteiger partial charge on any atom is 0.340 e. The van der Waals surface area contributed by atoms with Crippen molar-refractivity contribution in [3.05, 3.63) is 74.7 Å². The standard InChI is InChI=1S/C20H14F2N2O3/c1-3-4-11-5-6-13-14(7-11)17(23-24-19(13)25)10-12-8-15(20(26)27-2)18(22)16(21)9-12/h5-9H,10H2,1-2H3,(H,24,25). The van der Waals surface area contributed by atoms with E-state index in [2.05, 4.69) is 26.8 Å². The van der Waals surface area contributed by atoms with E-state index in [1.165, 1.54) is 6.07 Å². The van der Waals surface area contributed by atoms with Gasteiger partial charge in [0.25, 0.3) is 5.56 Å². The number of fused-ring (bicyclic) bond motifs is 1. The molecule has 0 spiro atoms. The molecule has 2 aromatic carbocycles. The molecule has 1 heterocycles. The number of hydrogen-bond donors (Lipinski definition) is 1. The fourth-order valence-corrected chi connectivity index (χ4v) is 2.78. The molecular formula is C20H14F2N2O3. The van der Waals surface area contributed by atoms with Crippen molar-refractivity contribution in [3.8, 4) is 11.8 Å². The summed E-state index contributed by atoms with van der Waals surface area (Å²) < 4.78 is 32.2. The third-order valence-electron chi connectivity index (χ3n) is 4.00. The Morgan fingerprint density at radius 3 is 2.70 bits per heavy atom. The Kier molecular flexibility index (Phi) is 4.99. The van der Waals surface area contributed by atoms with Crippen LogP contribution in [0.4, 0.5) is 8.78 Å². The van der Waals surface area contributed by atoms with Gasteiger partial charge in [0.15, 0.2) is 11.6 Å². The minimum atomic E-state index is -1.27. The highest BCUT2D eigenvalue weighted by atomic mass is 19.2. The van der Waals surface area contributed by atoms with Crippen LogP contribution < -0.4 is 5.56 Å². The molecular weight excluding hydrogens is 354 g/mol. The van der Waals surface area contributed by atoms with E-state index in [-0.39, 0.29) is 12.0 Å². The molecule has 5 nitrogen and oxygen atoms in total. The molecule has 27 heavy (non-hydrogen) atoms. The van der Waals surface area contributed by atoms with Gasteiger partial charge < -0.3 is 4.74 Å². The third kappa shape index (κ3) is 3.55. The van der Waals surface area contributed by atoms with Crippen LogP contribution in [0.15, 0.2) is 35.1 Å². The molecule has 1 aromatic heterocycles. The molecule has 0 saturated heterocycles. The molecule has 0 saturated carbocycles. The summed E-state index contributed by atoms with van der Waals surface area (Å²) in [5, 5.41) is 7.36. The lowest BCUT2D eigenvalue weighted by Crippen LogP contribution is -2.12. The van der Waals surface area contributed by atoms with E-state index in [9.17, 15) is 18.4 Å². The zero-order valence-corrected chi connectivity index (χ0v) is 14.5. The first-order chi connectivity index (χ1) is 12.9. The molecule has 0 aliphatic rings. The summed E-state index contributed by atoms with van der Waals surface area (Å²) in [6, 6.07) is 7.24. The first-order valence-electron chi connectivity index (χ1n) is 7.95. The normalized spacial score (nSPS) is 10.4. The van der Waals surface area contributed by atoms with Crippen LogP contribution in [0.1, 0.15) is 34.1 Å². The number of carbonyl (C=O) groups is 1. The van der Waals surface area contributed by atoms with Gasteiger partial charge in [-0.25, -0.2) is 18.7 Å². The van der Waals surface area contributed by atoms with E-state index in [0.717, 1.165) is 13.2 Å². The van der Waals surface area contributed by atoms with Crippen molar-refractivity contribution >= 4 is 16.7 Å². The molecule has 3 aromatic rings. The highest BCUT2D eigenvalue weighted by molar-refractivity contribution is 5.90. The molecule has 0 bridgehead atoms. The molecule has 7 heteroatoms. The molecule has 136 valence electrons. The molecule has 0 unspecified atom stereocenters. The van der Waals surface area contributed by atoms with Gasteiger partial charge in [0, 0.05) is 17.4 Å². The predicted octanol–water partition coefficient (Wildman–Crippen LogP) is 2.95. The zero-order valence-electron chi connectivity index (χ0n) is 14.5. The summed E-state index contributed by atoms with van der Waals surface area (Å²) >= 11 is 0. The van der Waals surface area contributed by atoms with Crippen molar-refractivity contribution < 1.29 is 18.3 Å². The number of nitrogens with one attached hydrogen (secondary N) is 1. The van der Waals surface area contributed by atoms with E-state index in [1.807, 2.05) is 0 Å². The van der Waals surface area contributed by atoms with Crippen LogP contribution in [-0.2, 0) is 11.2 Å². The number of carbonyl (C=O) groups excluding carboxylic acids is 1. The van der Waals surface area contributed by atoms with Gasteiger partial charge in [-0.2, -0.15) is 5.10 Å². The van der Waals surface area contributed by atoms with Crippen molar-refractivity contribution in [2.45, 2.75) is 13.3 Å². The number of ether oxygens (including phenoxy) is 1. The van der Waals surface area contributed by atoms with Gasteiger partial charge in [0.05, 0.1) is 23.8 Å². The van der Waals surface area contributed by atoms with Gasteiger partial charge in [0.2, 0.25) is 0 Å². The predicted molar refractivity (Wildman–Crippen MR) is 95.4 cm³/mol. The van der Waals surface area contributed by atoms with E-state index in [0.29, 0.717) is 27.6 Å². The van der Waals surface area contributed by atoms with Crippen molar-refractivity contribution in [1.29, 1.82) is 0 Å². The number of methoxy groups -OCH3 is 1. The van der Waals surface area contributed by atoms with Crippen molar-refractivity contribution in [3.63, 3.8) is 0 Å². The van der Waals surface area contributed by atoms with Crippen LogP contribution in [0.25, 0.3) is 10.8 Å². The van der Waals surface area contributed by atoms with E-state index < -0.39 is 23.2 Å². The molecule has 0 amide bonds. The first kappa shape index (κ1) is 18.3. The second kappa shape index (κ2) is 7.38. The quantitative estimate of drug-likeness (QED) is 0.570.